The molecule has 2 atom stereocenters. The zero-order valence-electron chi connectivity index (χ0n) is 26.5. The maximum atomic E-state index is 16.1. The molecule has 2 aliphatic rings. The molecule has 0 radical (unpaired) electrons. The summed E-state index contributed by atoms with van der Waals surface area (Å²) in [6, 6.07) is 12.1. The number of thiophene rings is 1. The van der Waals surface area contributed by atoms with Gasteiger partial charge in [0.05, 0.1) is 35.6 Å². The number of rotatable bonds is 7. The SMILES string of the molecule is C=CC(=O)N1Cc2cc(-c3nc(-c4ccc5c(c4)CCN(C)C5)c4ccsc4c3-c3c(F)cc(F)cc3OCC(C)O)nn2C(C)C1. The van der Waals surface area contributed by atoms with E-state index in [0.29, 0.717) is 30.0 Å². The predicted molar refractivity (Wildman–Crippen MR) is 179 cm³/mol. The van der Waals surface area contributed by atoms with E-state index >= 15 is 4.39 Å². The van der Waals surface area contributed by atoms with E-state index in [-0.39, 0.29) is 29.9 Å². The van der Waals surface area contributed by atoms with Gasteiger partial charge in [-0.2, -0.15) is 5.10 Å². The molecule has 0 aliphatic carbocycles. The van der Waals surface area contributed by atoms with Crippen LogP contribution in [-0.2, 0) is 24.3 Å². The van der Waals surface area contributed by atoms with Gasteiger partial charge in [-0.05, 0) is 68.1 Å². The van der Waals surface area contributed by atoms with Gasteiger partial charge in [0.1, 0.15) is 35.4 Å². The highest BCUT2D eigenvalue weighted by molar-refractivity contribution is 7.18. The van der Waals surface area contributed by atoms with Crippen molar-refractivity contribution < 1.29 is 23.4 Å². The average Bonchev–Trinajstić information content (AvgIpc) is 3.71. The molecule has 47 heavy (non-hydrogen) atoms. The largest absolute Gasteiger partial charge is 0.490 e. The number of likely N-dealkylation sites (N-methyl/N-ethyl adjacent to an activating group) is 1. The zero-order valence-corrected chi connectivity index (χ0v) is 27.3. The maximum Gasteiger partial charge on any atom is 0.246 e. The molecule has 2 unspecified atom stereocenters. The second kappa shape index (κ2) is 12.3. The molecule has 0 saturated carbocycles. The number of carbonyl (C=O) groups excluding carboxylic acids is 1. The predicted octanol–water partition coefficient (Wildman–Crippen LogP) is 6.61. The summed E-state index contributed by atoms with van der Waals surface area (Å²) in [5.41, 5.74) is 6.41. The van der Waals surface area contributed by atoms with Crippen molar-refractivity contribution in [3.8, 4) is 39.5 Å². The number of hydrogen-bond donors (Lipinski definition) is 1. The van der Waals surface area contributed by atoms with Crippen LogP contribution in [0, 0.1) is 11.6 Å². The maximum absolute atomic E-state index is 16.1. The minimum absolute atomic E-state index is 0.0353. The lowest BCUT2D eigenvalue weighted by Gasteiger charge is -2.31. The Morgan fingerprint density at radius 3 is 2.77 bits per heavy atom. The number of pyridine rings is 1. The van der Waals surface area contributed by atoms with Gasteiger partial charge in [0.15, 0.2) is 0 Å². The highest BCUT2D eigenvalue weighted by Gasteiger charge is 2.30. The number of ether oxygens (including phenoxy) is 1. The fourth-order valence-corrected chi connectivity index (χ4v) is 7.57. The van der Waals surface area contributed by atoms with Crippen molar-refractivity contribution >= 4 is 27.3 Å². The summed E-state index contributed by atoms with van der Waals surface area (Å²) in [6.45, 7) is 9.65. The van der Waals surface area contributed by atoms with Crippen molar-refractivity contribution in [3.05, 3.63) is 89.0 Å². The monoisotopic (exact) mass is 655 g/mol. The molecule has 1 N–H and O–H groups in total. The highest BCUT2D eigenvalue weighted by atomic mass is 32.1. The Morgan fingerprint density at radius 2 is 1.98 bits per heavy atom. The molecule has 5 aromatic rings. The molecular formula is C36H35F2N5O3S. The normalized spacial score (nSPS) is 17.0. The number of halogens is 2. The summed E-state index contributed by atoms with van der Waals surface area (Å²) >= 11 is 1.43. The van der Waals surface area contributed by atoms with Crippen molar-refractivity contribution in [2.24, 2.45) is 0 Å². The van der Waals surface area contributed by atoms with Crippen LogP contribution in [0.3, 0.4) is 0 Å². The van der Waals surface area contributed by atoms with Crippen LogP contribution in [0.4, 0.5) is 8.78 Å². The van der Waals surface area contributed by atoms with Crippen LogP contribution in [0.25, 0.3) is 43.9 Å². The first kappa shape index (κ1) is 31.2. The van der Waals surface area contributed by atoms with Gasteiger partial charge >= 0.3 is 0 Å². The molecule has 0 saturated heterocycles. The fraction of sp³-hybridized carbons (Fsp3) is 0.306. The van der Waals surface area contributed by atoms with E-state index < -0.39 is 17.7 Å². The van der Waals surface area contributed by atoms with Crippen LogP contribution < -0.4 is 4.74 Å². The Kier molecular flexibility index (Phi) is 8.15. The van der Waals surface area contributed by atoms with Gasteiger partial charge in [0.2, 0.25) is 5.91 Å². The molecule has 11 heteroatoms. The van der Waals surface area contributed by atoms with E-state index in [9.17, 15) is 14.3 Å². The van der Waals surface area contributed by atoms with Crippen molar-refractivity contribution in [2.75, 3.05) is 26.7 Å². The van der Waals surface area contributed by atoms with Crippen LogP contribution in [0.2, 0.25) is 0 Å². The number of hydrogen-bond acceptors (Lipinski definition) is 7. The number of amides is 1. The van der Waals surface area contributed by atoms with Crippen molar-refractivity contribution in [2.45, 2.75) is 45.5 Å². The Balaban J connectivity index is 1.48. The lowest BCUT2D eigenvalue weighted by atomic mass is 9.93. The summed E-state index contributed by atoms with van der Waals surface area (Å²) in [5.74, 6) is -1.81. The van der Waals surface area contributed by atoms with E-state index in [1.165, 1.54) is 28.5 Å². The molecule has 2 aliphatic heterocycles. The lowest BCUT2D eigenvalue weighted by molar-refractivity contribution is -0.127. The van der Waals surface area contributed by atoms with Gasteiger partial charge in [0, 0.05) is 53.0 Å². The van der Waals surface area contributed by atoms with Crippen molar-refractivity contribution in [1.82, 2.24) is 24.6 Å². The van der Waals surface area contributed by atoms with Gasteiger partial charge in [-0.25, -0.2) is 13.8 Å². The molecule has 2 aromatic carbocycles. The minimum Gasteiger partial charge on any atom is -0.490 e. The second-order valence-electron chi connectivity index (χ2n) is 12.5. The highest BCUT2D eigenvalue weighted by Crippen LogP contribution is 2.47. The van der Waals surface area contributed by atoms with Crippen LogP contribution >= 0.6 is 11.3 Å². The smallest absolute Gasteiger partial charge is 0.246 e. The number of carbonyl (C=O) groups is 1. The first-order valence-corrected chi connectivity index (χ1v) is 16.5. The molecular weight excluding hydrogens is 620 g/mol. The Bertz CT molecular complexity index is 2040. The third-order valence-electron chi connectivity index (χ3n) is 8.84. The van der Waals surface area contributed by atoms with Gasteiger partial charge in [-0.1, -0.05) is 18.7 Å². The Morgan fingerprint density at radius 1 is 1.15 bits per heavy atom. The minimum atomic E-state index is -0.859. The molecule has 0 fully saturated rings. The molecule has 8 nitrogen and oxygen atoms in total. The van der Waals surface area contributed by atoms with Gasteiger partial charge in [0.25, 0.3) is 0 Å². The van der Waals surface area contributed by atoms with Crippen molar-refractivity contribution in [1.29, 1.82) is 0 Å². The molecule has 7 rings (SSSR count). The molecule has 1 amide bonds. The fourth-order valence-electron chi connectivity index (χ4n) is 6.62. The molecule has 3 aromatic heterocycles. The quantitative estimate of drug-likeness (QED) is 0.199. The van der Waals surface area contributed by atoms with Crippen LogP contribution in [0.15, 0.2) is 60.5 Å². The van der Waals surface area contributed by atoms with Gasteiger partial charge < -0.3 is 19.6 Å². The summed E-state index contributed by atoms with van der Waals surface area (Å²) in [7, 11) is 2.12. The lowest BCUT2D eigenvalue weighted by Crippen LogP contribution is -2.39. The molecule has 242 valence electrons. The molecule has 0 bridgehead atoms. The number of nitrogens with zero attached hydrogens (tertiary/aromatic N) is 5. The van der Waals surface area contributed by atoms with Gasteiger partial charge in [-0.15, -0.1) is 11.3 Å². The van der Waals surface area contributed by atoms with Gasteiger partial charge in [-0.3, -0.25) is 9.48 Å². The number of aliphatic hydroxyl groups is 1. The van der Waals surface area contributed by atoms with E-state index in [2.05, 4.69) is 36.7 Å². The third kappa shape index (κ3) is 5.72. The molecule has 0 spiro atoms. The Hall–Kier alpha value is -4.45. The van der Waals surface area contributed by atoms with Crippen molar-refractivity contribution in [3.63, 3.8) is 0 Å². The Labute approximate surface area is 275 Å². The average molecular weight is 656 g/mol. The zero-order chi connectivity index (χ0) is 33.0. The summed E-state index contributed by atoms with van der Waals surface area (Å²) in [6.07, 6.45) is 1.37. The number of aromatic nitrogens is 3. The summed E-state index contributed by atoms with van der Waals surface area (Å²) in [5, 5.41) is 17.7. The van der Waals surface area contributed by atoms with Crippen LogP contribution in [-0.4, -0.2) is 68.4 Å². The van der Waals surface area contributed by atoms with E-state index in [4.69, 9.17) is 14.8 Å². The second-order valence-corrected chi connectivity index (χ2v) is 13.4. The number of aliphatic hydroxyl groups excluding tert-OH is 1. The standard InChI is InChI=1S/C36H35F2N5O3S/c1-5-31(45)42-16-20(2)43-26(18-42)15-29(40-43)35-33(32-28(38)13-25(37)14-30(32)46-19-21(3)44)36-27(9-11-47-36)34(39-35)23-6-7-24-17-41(4)10-8-22(24)12-23/h5-7,9,11-15,20-21,44H,1,8,10,16-19H2,2-4H3. The van der Waals surface area contributed by atoms with E-state index in [1.807, 2.05) is 29.1 Å². The van der Waals surface area contributed by atoms with Crippen LogP contribution in [0.1, 0.15) is 36.7 Å². The number of benzene rings is 2. The third-order valence-corrected chi connectivity index (χ3v) is 9.77. The van der Waals surface area contributed by atoms with E-state index in [0.717, 1.165) is 58.7 Å². The van der Waals surface area contributed by atoms with Crippen LogP contribution in [0.5, 0.6) is 5.75 Å². The molecule has 5 heterocycles. The summed E-state index contributed by atoms with van der Waals surface area (Å²) in [4.78, 5) is 21.8. The first-order valence-electron chi connectivity index (χ1n) is 15.6. The first-order chi connectivity index (χ1) is 22.6. The number of fused-ring (bicyclic) bond motifs is 3. The summed E-state index contributed by atoms with van der Waals surface area (Å²) < 4.78 is 39.2. The topological polar surface area (TPSA) is 83.7 Å². The van der Waals surface area contributed by atoms with E-state index in [1.54, 1.807) is 11.8 Å².